The highest BCUT2D eigenvalue weighted by Crippen LogP contribution is 2.36. The van der Waals surface area contributed by atoms with Crippen LogP contribution < -0.4 is 0 Å². The molecule has 2 aliphatic rings. The Labute approximate surface area is 142 Å². The van der Waals surface area contributed by atoms with E-state index in [2.05, 4.69) is 45.4 Å². The Hall–Kier alpha value is -0.236. The second kappa shape index (κ2) is 7.34. The molecule has 0 saturated carbocycles. The van der Waals surface area contributed by atoms with Crippen molar-refractivity contribution >= 4 is 16.6 Å². The first kappa shape index (κ1) is 19.1. The highest BCUT2D eigenvalue weighted by Gasteiger charge is 2.50. The van der Waals surface area contributed by atoms with Crippen molar-refractivity contribution in [3.8, 4) is 6.07 Å². The summed E-state index contributed by atoms with van der Waals surface area (Å²) < 4.78 is 25.2. The van der Waals surface area contributed by atoms with Gasteiger partial charge in [-0.05, 0) is 52.1 Å². The molecule has 0 amide bonds. The number of hydrogen-bond donors (Lipinski definition) is 0. The Morgan fingerprint density at radius 1 is 1.04 bits per heavy atom. The molecule has 5 nitrogen and oxygen atoms in total. The molecule has 0 spiro atoms. The fraction of sp³-hybridized carbons (Fsp3) is 0.938. The van der Waals surface area contributed by atoms with Gasteiger partial charge in [0.2, 0.25) is 0 Å². The van der Waals surface area contributed by atoms with Gasteiger partial charge >= 0.3 is 0 Å². The Morgan fingerprint density at radius 2 is 1.65 bits per heavy atom. The van der Waals surface area contributed by atoms with Crippen LogP contribution in [0.4, 0.5) is 0 Å². The molecule has 0 aromatic rings. The fourth-order valence-corrected chi connectivity index (χ4v) is 5.46. The van der Waals surface area contributed by atoms with Crippen LogP contribution in [0.1, 0.15) is 19.3 Å². The third kappa shape index (κ3) is 5.38. The summed E-state index contributed by atoms with van der Waals surface area (Å²) in [5.74, 6) is 0. The van der Waals surface area contributed by atoms with Gasteiger partial charge in [0.25, 0.3) is 0 Å². The molecule has 2 fully saturated rings. The van der Waals surface area contributed by atoms with Gasteiger partial charge in [-0.25, -0.2) is 0 Å². The Balaban J connectivity index is 2.30. The quantitative estimate of drug-likeness (QED) is 0.707. The zero-order valence-electron chi connectivity index (χ0n) is 15.3. The predicted octanol–water partition coefficient (Wildman–Crippen LogP) is 3.29. The molecule has 0 aliphatic carbocycles. The second-order valence-electron chi connectivity index (χ2n) is 8.44. The lowest BCUT2D eigenvalue weighted by molar-refractivity contribution is -0.239. The second-order valence-corrected chi connectivity index (χ2v) is 17.4. The zero-order chi connectivity index (χ0) is 17.3. The molecule has 2 heterocycles. The number of nitrogens with zero attached hydrogens (tertiary/aromatic N) is 1. The lowest BCUT2D eigenvalue weighted by atomic mass is 9.90. The summed E-state index contributed by atoms with van der Waals surface area (Å²) in [6.45, 7) is 13.8. The maximum absolute atomic E-state index is 9.21. The van der Waals surface area contributed by atoms with Gasteiger partial charge in [-0.2, -0.15) is 5.26 Å². The molecule has 0 N–H and O–H groups in total. The highest BCUT2D eigenvalue weighted by molar-refractivity contribution is 6.70. The van der Waals surface area contributed by atoms with Crippen LogP contribution in [0.3, 0.4) is 0 Å². The topological polar surface area (TPSA) is 60.7 Å². The third-order valence-corrected chi connectivity index (χ3v) is 5.90. The summed E-state index contributed by atoms with van der Waals surface area (Å²) in [7, 11) is -3.57. The predicted molar refractivity (Wildman–Crippen MR) is 94.3 cm³/mol. The SMILES string of the molecule is C[Si](C)(C)O[C@@H]1[C@H]2OCCC[C@@H]2O[C@H](CC#N)[C@H]1O[Si](C)(C)C. The van der Waals surface area contributed by atoms with Crippen molar-refractivity contribution in [2.45, 2.75) is 89.1 Å². The summed E-state index contributed by atoms with van der Waals surface area (Å²) in [6, 6.07) is 2.26. The largest absolute Gasteiger partial charge is 0.409 e. The van der Waals surface area contributed by atoms with Gasteiger partial charge in [0, 0.05) is 6.61 Å². The van der Waals surface area contributed by atoms with E-state index in [1.54, 1.807) is 0 Å². The number of nitriles is 1. The molecule has 0 radical (unpaired) electrons. The van der Waals surface area contributed by atoms with E-state index in [-0.39, 0.29) is 30.5 Å². The normalized spacial score (nSPS) is 35.4. The van der Waals surface area contributed by atoms with E-state index in [1.165, 1.54) is 0 Å². The summed E-state index contributed by atoms with van der Waals surface area (Å²) in [5, 5.41) is 9.21. The maximum atomic E-state index is 9.21. The Bertz CT molecular complexity index is 441. The third-order valence-electron chi connectivity index (χ3n) is 3.95. The molecular weight excluding hydrogens is 326 g/mol. The van der Waals surface area contributed by atoms with Gasteiger partial charge in [0.15, 0.2) is 16.6 Å². The monoisotopic (exact) mass is 357 g/mol. The summed E-state index contributed by atoms with van der Waals surface area (Å²) >= 11 is 0. The van der Waals surface area contributed by atoms with Crippen LogP contribution >= 0.6 is 0 Å². The van der Waals surface area contributed by atoms with Gasteiger partial charge in [-0.1, -0.05) is 0 Å². The van der Waals surface area contributed by atoms with Crippen LogP contribution in [0.15, 0.2) is 0 Å². The number of hydrogen-bond acceptors (Lipinski definition) is 5. The molecule has 132 valence electrons. The van der Waals surface area contributed by atoms with E-state index >= 15 is 0 Å². The van der Waals surface area contributed by atoms with E-state index in [4.69, 9.17) is 18.3 Å². The zero-order valence-corrected chi connectivity index (χ0v) is 17.3. The highest BCUT2D eigenvalue weighted by atomic mass is 28.4. The summed E-state index contributed by atoms with van der Waals surface area (Å²) in [6.07, 6.45) is 1.67. The van der Waals surface area contributed by atoms with Crippen LogP contribution in [0.2, 0.25) is 39.3 Å². The molecule has 0 unspecified atom stereocenters. The van der Waals surface area contributed by atoms with E-state index in [9.17, 15) is 5.26 Å². The molecule has 0 aromatic heterocycles. The minimum Gasteiger partial charge on any atom is -0.409 e. The minimum absolute atomic E-state index is 0.0185. The first-order chi connectivity index (χ1) is 10.6. The van der Waals surface area contributed by atoms with Gasteiger partial charge in [0.05, 0.1) is 30.8 Å². The van der Waals surface area contributed by atoms with E-state index in [0.717, 1.165) is 19.4 Å². The number of ether oxygens (including phenoxy) is 2. The molecule has 23 heavy (non-hydrogen) atoms. The van der Waals surface area contributed by atoms with Crippen LogP contribution in [0.5, 0.6) is 0 Å². The van der Waals surface area contributed by atoms with E-state index in [1.807, 2.05) is 0 Å². The minimum atomic E-state index is -1.80. The van der Waals surface area contributed by atoms with Crippen LogP contribution in [0, 0.1) is 11.3 Å². The molecular formula is C16H31NO4Si2. The first-order valence-corrected chi connectivity index (χ1v) is 15.4. The lowest BCUT2D eigenvalue weighted by Gasteiger charge is -2.50. The van der Waals surface area contributed by atoms with Gasteiger partial charge in [0.1, 0.15) is 12.2 Å². The number of rotatable bonds is 5. The van der Waals surface area contributed by atoms with Crippen molar-refractivity contribution in [3.63, 3.8) is 0 Å². The van der Waals surface area contributed by atoms with Crippen LogP contribution in [0.25, 0.3) is 0 Å². The van der Waals surface area contributed by atoms with Crippen LogP contribution in [-0.4, -0.2) is 53.8 Å². The molecule has 0 aromatic carbocycles. The summed E-state index contributed by atoms with van der Waals surface area (Å²) in [4.78, 5) is 0. The average molecular weight is 358 g/mol. The smallest absolute Gasteiger partial charge is 0.184 e. The standard InChI is InChI=1S/C16H31NO4Si2/c1-22(2,3)20-15-13(9-10-17)19-12-8-7-11-18-14(12)16(15)21-23(4,5)6/h12-16H,7-9,11H2,1-6H3/t12-,13+,14-,15+,16+/m0/s1. The molecule has 0 bridgehead atoms. The Morgan fingerprint density at radius 3 is 2.22 bits per heavy atom. The van der Waals surface area contributed by atoms with Gasteiger partial charge < -0.3 is 18.3 Å². The van der Waals surface area contributed by atoms with E-state index in [0.29, 0.717) is 6.42 Å². The van der Waals surface area contributed by atoms with Gasteiger partial charge in [-0.3, -0.25) is 0 Å². The molecule has 2 aliphatic heterocycles. The van der Waals surface area contributed by atoms with Crippen molar-refractivity contribution in [1.82, 2.24) is 0 Å². The van der Waals surface area contributed by atoms with Crippen molar-refractivity contribution in [3.05, 3.63) is 0 Å². The molecule has 5 atom stereocenters. The number of fused-ring (bicyclic) bond motifs is 1. The molecule has 2 rings (SSSR count). The fourth-order valence-electron chi connectivity index (χ4n) is 3.28. The molecule has 7 heteroatoms. The van der Waals surface area contributed by atoms with Crippen LogP contribution in [-0.2, 0) is 18.3 Å². The lowest BCUT2D eigenvalue weighted by Crippen LogP contribution is -2.64. The maximum Gasteiger partial charge on any atom is 0.184 e. The molecule has 2 saturated heterocycles. The van der Waals surface area contributed by atoms with Crippen molar-refractivity contribution in [1.29, 1.82) is 5.26 Å². The summed E-state index contributed by atoms with van der Waals surface area (Å²) in [5.41, 5.74) is 0. The average Bonchev–Trinajstić information content (AvgIpc) is 2.40. The first-order valence-electron chi connectivity index (χ1n) is 8.60. The van der Waals surface area contributed by atoms with Crippen molar-refractivity contribution in [2.24, 2.45) is 0 Å². The van der Waals surface area contributed by atoms with Crippen molar-refractivity contribution < 1.29 is 18.3 Å². The Kier molecular flexibility index (Phi) is 6.09. The van der Waals surface area contributed by atoms with Gasteiger partial charge in [-0.15, -0.1) is 0 Å². The van der Waals surface area contributed by atoms with Crippen molar-refractivity contribution in [2.75, 3.05) is 6.61 Å². The van der Waals surface area contributed by atoms with E-state index < -0.39 is 16.6 Å².